The number of benzene rings is 1. The van der Waals surface area contributed by atoms with Crippen molar-refractivity contribution >= 4 is 11.3 Å². The molecule has 0 radical (unpaired) electrons. The number of hydrogen-bond donors (Lipinski definition) is 1. The molecule has 0 aliphatic rings. The van der Waals surface area contributed by atoms with Crippen LogP contribution >= 0.6 is 11.3 Å². The quantitative estimate of drug-likeness (QED) is 0.788. The molecule has 3 nitrogen and oxygen atoms in total. The highest BCUT2D eigenvalue weighted by Gasteiger charge is 2.04. The van der Waals surface area contributed by atoms with Crippen LogP contribution in [0.3, 0.4) is 0 Å². The van der Waals surface area contributed by atoms with Crippen LogP contribution in [0.1, 0.15) is 31.5 Å². The van der Waals surface area contributed by atoms with Gasteiger partial charge in [-0.15, -0.1) is 11.3 Å². The first-order valence-electron chi connectivity index (χ1n) is 7.00. The zero-order chi connectivity index (χ0) is 14.4. The van der Waals surface area contributed by atoms with Gasteiger partial charge in [-0.1, -0.05) is 38.1 Å². The predicted octanol–water partition coefficient (Wildman–Crippen LogP) is 3.83. The first kappa shape index (κ1) is 15.2. The van der Waals surface area contributed by atoms with Crippen LogP contribution in [0.25, 0.3) is 10.6 Å². The van der Waals surface area contributed by atoms with Gasteiger partial charge >= 0.3 is 0 Å². The first-order valence-corrected chi connectivity index (χ1v) is 7.88. The van der Waals surface area contributed by atoms with E-state index in [0.717, 1.165) is 29.3 Å². The van der Waals surface area contributed by atoms with Crippen molar-refractivity contribution in [2.75, 3.05) is 6.61 Å². The molecule has 0 saturated heterocycles. The Hall–Kier alpha value is -1.23. The van der Waals surface area contributed by atoms with Crippen molar-refractivity contribution in [1.82, 2.24) is 4.98 Å². The van der Waals surface area contributed by atoms with Crippen LogP contribution in [-0.2, 0) is 17.9 Å². The summed E-state index contributed by atoms with van der Waals surface area (Å²) < 4.78 is 5.67. The van der Waals surface area contributed by atoms with Crippen molar-refractivity contribution in [3.8, 4) is 10.6 Å². The zero-order valence-electron chi connectivity index (χ0n) is 12.1. The topological polar surface area (TPSA) is 48.1 Å². The molecule has 108 valence electrons. The second-order valence-electron chi connectivity index (χ2n) is 5.28. The summed E-state index contributed by atoms with van der Waals surface area (Å²) in [6.45, 7) is 6.42. The number of ether oxygens (including phenoxy) is 1. The van der Waals surface area contributed by atoms with E-state index in [1.54, 1.807) is 11.3 Å². The average molecular weight is 290 g/mol. The highest BCUT2D eigenvalue weighted by atomic mass is 32.1. The number of rotatable bonds is 7. The van der Waals surface area contributed by atoms with Gasteiger partial charge in [0, 0.05) is 24.1 Å². The van der Waals surface area contributed by atoms with E-state index in [2.05, 4.69) is 43.1 Å². The molecule has 0 unspecified atom stereocenters. The smallest absolute Gasteiger partial charge is 0.123 e. The number of thiazole rings is 1. The van der Waals surface area contributed by atoms with Gasteiger partial charge in [0.25, 0.3) is 0 Å². The Labute approximate surface area is 124 Å². The lowest BCUT2D eigenvalue weighted by atomic mass is 10.1. The Morgan fingerprint density at radius 2 is 2.00 bits per heavy atom. The standard InChI is InChI=1S/C16H22N2OS/c1-12(2)7-8-19-10-13-3-5-14(6-4-13)16-18-15(9-17)11-20-16/h3-6,11-12H,7-10,17H2,1-2H3. The van der Waals surface area contributed by atoms with Gasteiger partial charge in [-0.05, 0) is 17.9 Å². The van der Waals surface area contributed by atoms with Crippen LogP contribution in [0.15, 0.2) is 29.6 Å². The van der Waals surface area contributed by atoms with Crippen molar-refractivity contribution in [2.24, 2.45) is 11.7 Å². The third kappa shape index (κ3) is 4.40. The van der Waals surface area contributed by atoms with Gasteiger partial charge in [0.15, 0.2) is 0 Å². The minimum atomic E-state index is 0.498. The number of hydrogen-bond acceptors (Lipinski definition) is 4. The van der Waals surface area contributed by atoms with Crippen molar-refractivity contribution in [3.63, 3.8) is 0 Å². The third-order valence-corrected chi connectivity index (χ3v) is 4.01. The highest BCUT2D eigenvalue weighted by molar-refractivity contribution is 7.13. The van der Waals surface area contributed by atoms with Gasteiger partial charge in [-0.25, -0.2) is 4.98 Å². The Bertz CT molecular complexity index is 520. The lowest BCUT2D eigenvalue weighted by molar-refractivity contribution is 0.110. The van der Waals surface area contributed by atoms with Gasteiger partial charge in [-0.3, -0.25) is 0 Å². The minimum absolute atomic E-state index is 0.498. The molecule has 0 spiro atoms. The van der Waals surface area contributed by atoms with E-state index in [1.165, 1.54) is 5.56 Å². The summed E-state index contributed by atoms with van der Waals surface area (Å²) in [4.78, 5) is 4.49. The maximum atomic E-state index is 5.67. The number of aromatic nitrogens is 1. The maximum absolute atomic E-state index is 5.67. The summed E-state index contributed by atoms with van der Waals surface area (Å²) in [6, 6.07) is 8.41. The van der Waals surface area contributed by atoms with Gasteiger partial charge in [-0.2, -0.15) is 0 Å². The van der Waals surface area contributed by atoms with Crippen molar-refractivity contribution in [2.45, 2.75) is 33.4 Å². The summed E-state index contributed by atoms with van der Waals surface area (Å²) >= 11 is 1.64. The molecule has 0 aliphatic heterocycles. The first-order chi connectivity index (χ1) is 9.69. The van der Waals surface area contributed by atoms with Gasteiger partial charge in [0.2, 0.25) is 0 Å². The Morgan fingerprint density at radius 1 is 1.25 bits per heavy atom. The van der Waals surface area contributed by atoms with E-state index in [-0.39, 0.29) is 0 Å². The van der Waals surface area contributed by atoms with Crippen LogP contribution in [0.4, 0.5) is 0 Å². The van der Waals surface area contributed by atoms with E-state index in [1.807, 2.05) is 5.38 Å². The van der Waals surface area contributed by atoms with Crippen LogP contribution < -0.4 is 5.73 Å². The SMILES string of the molecule is CC(C)CCOCc1ccc(-c2nc(CN)cs2)cc1. The molecule has 1 aromatic carbocycles. The summed E-state index contributed by atoms with van der Waals surface area (Å²) in [6.07, 6.45) is 1.11. The van der Waals surface area contributed by atoms with E-state index < -0.39 is 0 Å². The van der Waals surface area contributed by atoms with Gasteiger partial charge < -0.3 is 10.5 Å². The summed E-state index contributed by atoms with van der Waals surface area (Å²) in [5.74, 6) is 0.694. The zero-order valence-corrected chi connectivity index (χ0v) is 13.0. The second kappa shape index (κ2) is 7.53. The highest BCUT2D eigenvalue weighted by Crippen LogP contribution is 2.24. The van der Waals surface area contributed by atoms with Crippen LogP contribution in [0.2, 0.25) is 0 Å². The number of nitrogens with two attached hydrogens (primary N) is 1. The predicted molar refractivity (Wildman–Crippen MR) is 84.6 cm³/mol. The molecule has 2 N–H and O–H groups in total. The minimum Gasteiger partial charge on any atom is -0.377 e. The molecule has 0 amide bonds. The van der Waals surface area contributed by atoms with E-state index in [4.69, 9.17) is 10.5 Å². The Kier molecular flexibility index (Phi) is 5.71. The van der Waals surface area contributed by atoms with Gasteiger partial charge in [0.05, 0.1) is 12.3 Å². The summed E-state index contributed by atoms with van der Waals surface area (Å²) in [5, 5.41) is 3.04. The normalized spacial score (nSPS) is 11.2. The van der Waals surface area contributed by atoms with Crippen LogP contribution in [0.5, 0.6) is 0 Å². The lowest BCUT2D eigenvalue weighted by Crippen LogP contribution is -1.99. The molecule has 1 heterocycles. The molecule has 0 atom stereocenters. The fourth-order valence-corrected chi connectivity index (χ4v) is 2.62. The van der Waals surface area contributed by atoms with E-state index >= 15 is 0 Å². The molecule has 0 saturated carbocycles. The van der Waals surface area contributed by atoms with Crippen molar-refractivity contribution in [3.05, 3.63) is 40.9 Å². The second-order valence-corrected chi connectivity index (χ2v) is 6.14. The molecule has 1 aromatic heterocycles. The van der Waals surface area contributed by atoms with Crippen molar-refractivity contribution in [1.29, 1.82) is 0 Å². The Balaban J connectivity index is 1.89. The maximum Gasteiger partial charge on any atom is 0.123 e. The summed E-state index contributed by atoms with van der Waals surface area (Å²) in [5.41, 5.74) is 8.87. The molecule has 0 aliphatic carbocycles. The molecule has 0 fully saturated rings. The average Bonchev–Trinajstić information content (AvgIpc) is 2.93. The van der Waals surface area contributed by atoms with Crippen LogP contribution in [-0.4, -0.2) is 11.6 Å². The molecule has 4 heteroatoms. The van der Waals surface area contributed by atoms with E-state index in [9.17, 15) is 0 Å². The molecule has 2 aromatic rings. The molecule has 20 heavy (non-hydrogen) atoms. The van der Waals surface area contributed by atoms with E-state index in [0.29, 0.717) is 19.1 Å². The lowest BCUT2D eigenvalue weighted by Gasteiger charge is -2.07. The summed E-state index contributed by atoms with van der Waals surface area (Å²) in [7, 11) is 0. The fraction of sp³-hybridized carbons (Fsp3) is 0.438. The largest absolute Gasteiger partial charge is 0.377 e. The molecular formula is C16H22N2OS. The third-order valence-electron chi connectivity index (χ3n) is 3.07. The molecular weight excluding hydrogens is 268 g/mol. The monoisotopic (exact) mass is 290 g/mol. The van der Waals surface area contributed by atoms with Crippen molar-refractivity contribution < 1.29 is 4.74 Å². The molecule has 0 bridgehead atoms. The van der Waals surface area contributed by atoms with Crippen LogP contribution in [0, 0.1) is 5.92 Å². The Morgan fingerprint density at radius 3 is 2.60 bits per heavy atom. The fourth-order valence-electron chi connectivity index (χ4n) is 1.79. The molecule has 2 rings (SSSR count). The van der Waals surface area contributed by atoms with Gasteiger partial charge in [0.1, 0.15) is 5.01 Å². The number of nitrogens with zero attached hydrogens (tertiary/aromatic N) is 1.